The number of anilines is 1. The zero-order chi connectivity index (χ0) is 19.0. The van der Waals surface area contributed by atoms with Crippen molar-refractivity contribution < 1.29 is 13.2 Å². The molecule has 2 aliphatic rings. The molecule has 0 N–H and O–H groups in total. The van der Waals surface area contributed by atoms with Crippen LogP contribution in [0, 0.1) is 0 Å². The van der Waals surface area contributed by atoms with E-state index in [0.29, 0.717) is 10.2 Å². The average molecular weight is 421 g/mol. The maximum Gasteiger partial charge on any atom is 0.252 e. The van der Waals surface area contributed by atoms with Crippen LogP contribution in [0.15, 0.2) is 59.6 Å². The first kappa shape index (κ1) is 18.5. The van der Waals surface area contributed by atoms with Crippen molar-refractivity contribution in [2.24, 2.45) is 4.99 Å². The van der Waals surface area contributed by atoms with Crippen molar-refractivity contribution in [1.82, 2.24) is 0 Å². The van der Waals surface area contributed by atoms with Gasteiger partial charge in [-0.15, -0.1) is 0 Å². The highest BCUT2D eigenvalue weighted by Gasteiger charge is 2.49. The lowest BCUT2D eigenvalue weighted by atomic mass is 10.1. The van der Waals surface area contributed by atoms with Crippen LogP contribution in [0.5, 0.6) is 0 Å². The summed E-state index contributed by atoms with van der Waals surface area (Å²) in [5.41, 5.74) is 1.69. The summed E-state index contributed by atoms with van der Waals surface area (Å²) in [5, 5.41) is 1.09. The summed E-state index contributed by atoms with van der Waals surface area (Å²) in [4.78, 5) is 18.7. The molecule has 2 fully saturated rings. The molecule has 2 aromatic rings. The van der Waals surface area contributed by atoms with Crippen LogP contribution in [0.25, 0.3) is 0 Å². The molecule has 0 saturated carbocycles. The summed E-state index contributed by atoms with van der Waals surface area (Å²) in [6.45, 7) is 0. The van der Waals surface area contributed by atoms with E-state index < -0.39 is 9.84 Å². The van der Waals surface area contributed by atoms with Gasteiger partial charge >= 0.3 is 0 Å². The number of hydrogen-bond acceptors (Lipinski definition) is 4. The summed E-state index contributed by atoms with van der Waals surface area (Å²) in [7, 11) is -3.07. The SMILES string of the molecule is O=C(Cc1ccc(Cl)cc1)N=C1S[C@H]2CS(=O)(=O)C[C@@H]2N1c1ccccc1. The molecule has 2 saturated heterocycles. The number of benzene rings is 2. The second-order valence-electron chi connectivity index (χ2n) is 6.60. The molecule has 0 spiro atoms. The Balaban J connectivity index is 1.61. The monoisotopic (exact) mass is 420 g/mol. The molecule has 4 rings (SSSR count). The van der Waals surface area contributed by atoms with E-state index in [1.807, 2.05) is 35.2 Å². The van der Waals surface area contributed by atoms with E-state index in [4.69, 9.17) is 11.6 Å². The van der Waals surface area contributed by atoms with E-state index in [-0.39, 0.29) is 35.1 Å². The van der Waals surface area contributed by atoms with Crippen molar-refractivity contribution in [2.45, 2.75) is 17.7 Å². The number of halogens is 1. The number of aliphatic imine (C=N–C) groups is 1. The average Bonchev–Trinajstić information content (AvgIpc) is 3.08. The molecule has 0 radical (unpaired) electrons. The van der Waals surface area contributed by atoms with Crippen molar-refractivity contribution in [2.75, 3.05) is 16.4 Å². The Morgan fingerprint density at radius 3 is 2.52 bits per heavy atom. The lowest BCUT2D eigenvalue weighted by Crippen LogP contribution is -2.37. The summed E-state index contributed by atoms with van der Waals surface area (Å²) in [6, 6.07) is 16.4. The Hall–Kier alpha value is -1.83. The molecule has 0 bridgehead atoms. The molecule has 0 unspecified atom stereocenters. The summed E-state index contributed by atoms with van der Waals surface area (Å²) in [6.07, 6.45) is 0.178. The molecule has 0 aromatic heterocycles. The van der Waals surface area contributed by atoms with E-state index in [2.05, 4.69) is 4.99 Å². The Kier molecular flexibility index (Phi) is 5.01. The van der Waals surface area contributed by atoms with Crippen LogP contribution in [0.3, 0.4) is 0 Å². The zero-order valence-electron chi connectivity index (χ0n) is 14.3. The molecule has 0 aliphatic carbocycles. The molecule has 2 atom stereocenters. The van der Waals surface area contributed by atoms with Gasteiger partial charge in [0.2, 0.25) is 0 Å². The Bertz CT molecular complexity index is 991. The van der Waals surface area contributed by atoms with Crippen LogP contribution < -0.4 is 4.90 Å². The molecule has 1 amide bonds. The second-order valence-corrected chi connectivity index (χ2v) is 10.4. The van der Waals surface area contributed by atoms with Gasteiger partial charge in [-0.05, 0) is 29.8 Å². The van der Waals surface area contributed by atoms with Gasteiger partial charge in [0.05, 0.1) is 24.0 Å². The first-order valence-electron chi connectivity index (χ1n) is 8.49. The number of carbonyl (C=O) groups excluding carboxylic acids is 1. The van der Waals surface area contributed by atoms with Crippen LogP contribution in [0.1, 0.15) is 5.56 Å². The fourth-order valence-electron chi connectivity index (χ4n) is 3.38. The van der Waals surface area contributed by atoms with Gasteiger partial charge in [0.1, 0.15) is 0 Å². The summed E-state index contributed by atoms with van der Waals surface area (Å²) < 4.78 is 24.1. The van der Waals surface area contributed by atoms with Crippen LogP contribution in [-0.4, -0.2) is 42.3 Å². The standard InChI is InChI=1S/C19H17ClN2O3S2/c20-14-8-6-13(7-9-14)10-18(23)21-19-22(15-4-2-1-3-5-15)16-11-27(24,25)12-17(16)26-19/h1-9,16-17H,10-12H2/t16-,17-/m0/s1. The third kappa shape index (κ3) is 4.05. The van der Waals surface area contributed by atoms with Gasteiger partial charge in [0.15, 0.2) is 15.0 Å². The number of amides is 1. The molecular formula is C19H17ClN2O3S2. The summed E-state index contributed by atoms with van der Waals surface area (Å²) >= 11 is 7.26. The fraction of sp³-hybridized carbons (Fsp3) is 0.263. The van der Waals surface area contributed by atoms with Gasteiger partial charge in [-0.2, -0.15) is 4.99 Å². The highest BCUT2D eigenvalue weighted by Crippen LogP contribution is 2.40. The lowest BCUT2D eigenvalue weighted by Gasteiger charge is -2.24. The quantitative estimate of drug-likeness (QED) is 0.762. The van der Waals surface area contributed by atoms with Gasteiger partial charge in [-0.1, -0.05) is 53.7 Å². The topological polar surface area (TPSA) is 66.8 Å². The minimum absolute atomic E-state index is 0.0873. The molecule has 8 heteroatoms. The van der Waals surface area contributed by atoms with Crippen molar-refractivity contribution >= 4 is 50.0 Å². The molecule has 2 aliphatic heterocycles. The normalized spacial score (nSPS) is 24.9. The van der Waals surface area contributed by atoms with Crippen LogP contribution in [0.2, 0.25) is 5.02 Å². The van der Waals surface area contributed by atoms with E-state index in [1.165, 1.54) is 11.8 Å². The van der Waals surface area contributed by atoms with Gasteiger partial charge in [0, 0.05) is 16.0 Å². The Morgan fingerprint density at radius 2 is 1.81 bits per heavy atom. The van der Waals surface area contributed by atoms with Crippen molar-refractivity contribution in [3.8, 4) is 0 Å². The lowest BCUT2D eigenvalue weighted by molar-refractivity contribution is -0.117. The predicted octanol–water partition coefficient (Wildman–Crippen LogP) is 3.18. The third-order valence-corrected chi connectivity index (χ3v) is 8.05. The fourth-order valence-corrected chi connectivity index (χ4v) is 7.44. The number of carbonyl (C=O) groups is 1. The summed E-state index contributed by atoms with van der Waals surface area (Å²) in [5.74, 6) is -0.0522. The van der Waals surface area contributed by atoms with E-state index >= 15 is 0 Å². The smallest absolute Gasteiger partial charge is 0.252 e. The molecule has 140 valence electrons. The van der Waals surface area contributed by atoms with Crippen LogP contribution in [0.4, 0.5) is 5.69 Å². The van der Waals surface area contributed by atoms with Crippen LogP contribution in [-0.2, 0) is 21.1 Å². The first-order valence-corrected chi connectivity index (χ1v) is 11.6. The van der Waals surface area contributed by atoms with Crippen molar-refractivity contribution in [1.29, 1.82) is 0 Å². The molecule has 5 nitrogen and oxygen atoms in total. The number of hydrogen-bond donors (Lipinski definition) is 0. The number of para-hydroxylation sites is 1. The number of sulfone groups is 1. The maximum atomic E-state index is 12.5. The first-order chi connectivity index (χ1) is 12.9. The van der Waals surface area contributed by atoms with E-state index in [0.717, 1.165) is 11.3 Å². The third-order valence-electron chi connectivity index (χ3n) is 4.59. The van der Waals surface area contributed by atoms with Gasteiger partial charge in [0.25, 0.3) is 5.91 Å². The Labute approximate surface area is 167 Å². The number of fused-ring (bicyclic) bond motifs is 1. The van der Waals surface area contributed by atoms with Crippen molar-refractivity contribution in [3.63, 3.8) is 0 Å². The van der Waals surface area contributed by atoms with Gasteiger partial charge in [-0.25, -0.2) is 8.42 Å². The molecule has 2 aromatic carbocycles. The Morgan fingerprint density at radius 1 is 1.11 bits per heavy atom. The second kappa shape index (κ2) is 7.30. The zero-order valence-corrected chi connectivity index (χ0v) is 16.7. The highest BCUT2D eigenvalue weighted by molar-refractivity contribution is 8.16. The molecule has 27 heavy (non-hydrogen) atoms. The molecular weight excluding hydrogens is 404 g/mol. The highest BCUT2D eigenvalue weighted by atomic mass is 35.5. The number of thioether (sulfide) groups is 1. The van der Waals surface area contributed by atoms with Gasteiger partial charge in [-0.3, -0.25) is 4.79 Å². The van der Waals surface area contributed by atoms with E-state index in [1.54, 1.807) is 24.3 Å². The number of rotatable bonds is 3. The van der Waals surface area contributed by atoms with E-state index in [9.17, 15) is 13.2 Å². The van der Waals surface area contributed by atoms with Crippen LogP contribution >= 0.6 is 23.4 Å². The number of nitrogens with zero attached hydrogens (tertiary/aromatic N) is 2. The van der Waals surface area contributed by atoms with Crippen molar-refractivity contribution in [3.05, 3.63) is 65.2 Å². The minimum atomic E-state index is -3.07. The molecule has 2 heterocycles. The maximum absolute atomic E-state index is 12.5. The van der Waals surface area contributed by atoms with Gasteiger partial charge < -0.3 is 4.90 Å². The largest absolute Gasteiger partial charge is 0.316 e. The minimum Gasteiger partial charge on any atom is -0.316 e. The predicted molar refractivity (Wildman–Crippen MR) is 110 cm³/mol. The number of amidine groups is 1.